The van der Waals surface area contributed by atoms with Gasteiger partial charge in [0.15, 0.2) is 0 Å². The molecule has 2 aromatic rings. The van der Waals surface area contributed by atoms with Gasteiger partial charge in [-0.05, 0) is 43.5 Å². The number of para-hydroxylation sites is 2. The van der Waals surface area contributed by atoms with E-state index in [0.29, 0.717) is 38.2 Å². The molecular formula is C21H24N2O5. The van der Waals surface area contributed by atoms with Gasteiger partial charge in [0.05, 0.1) is 10.8 Å². The lowest BCUT2D eigenvalue weighted by Gasteiger charge is -2.32. The Kier molecular flexibility index (Phi) is 6.47. The summed E-state index contributed by atoms with van der Waals surface area (Å²) < 4.78 is 10.9. The molecule has 0 radical (unpaired) electrons. The van der Waals surface area contributed by atoms with Gasteiger partial charge in [-0.15, -0.1) is 0 Å². The van der Waals surface area contributed by atoms with Gasteiger partial charge in [-0.1, -0.05) is 24.3 Å². The van der Waals surface area contributed by atoms with E-state index in [1.165, 1.54) is 6.07 Å². The molecule has 2 aromatic carbocycles. The largest absolute Gasteiger partial charge is 0.490 e. The standard InChI is InChI=1S/C21H24N2O5/c1-16-5-4-6-18(15-16)27-13-14-28-21(24)17-9-11-22(12-10-17)19-7-2-3-8-20(19)23(25)26/h2-8,15,17H,9-14H2,1H3. The lowest BCUT2D eigenvalue weighted by atomic mass is 9.96. The lowest BCUT2D eigenvalue weighted by Crippen LogP contribution is -2.37. The molecule has 0 aromatic heterocycles. The molecule has 1 saturated heterocycles. The number of ether oxygens (including phenoxy) is 2. The molecule has 1 aliphatic heterocycles. The Morgan fingerprint density at radius 2 is 1.89 bits per heavy atom. The summed E-state index contributed by atoms with van der Waals surface area (Å²) in [5, 5.41) is 11.2. The zero-order valence-electron chi connectivity index (χ0n) is 15.9. The number of carbonyl (C=O) groups is 1. The van der Waals surface area contributed by atoms with Crippen molar-refractivity contribution in [1.82, 2.24) is 0 Å². The molecule has 1 aliphatic rings. The lowest BCUT2D eigenvalue weighted by molar-refractivity contribution is -0.384. The minimum Gasteiger partial charge on any atom is -0.490 e. The predicted octanol–water partition coefficient (Wildman–Crippen LogP) is 3.74. The van der Waals surface area contributed by atoms with Crippen molar-refractivity contribution in [1.29, 1.82) is 0 Å². The number of hydrogen-bond acceptors (Lipinski definition) is 6. The first-order chi connectivity index (χ1) is 13.5. The molecule has 0 amide bonds. The second kappa shape index (κ2) is 9.21. The highest BCUT2D eigenvalue weighted by Crippen LogP contribution is 2.31. The monoisotopic (exact) mass is 384 g/mol. The van der Waals surface area contributed by atoms with E-state index in [2.05, 4.69) is 0 Å². The minimum absolute atomic E-state index is 0.0943. The van der Waals surface area contributed by atoms with E-state index >= 15 is 0 Å². The van der Waals surface area contributed by atoms with Crippen LogP contribution in [0.25, 0.3) is 0 Å². The van der Waals surface area contributed by atoms with Crippen molar-refractivity contribution >= 4 is 17.3 Å². The third-order valence-electron chi connectivity index (χ3n) is 4.83. The summed E-state index contributed by atoms with van der Waals surface area (Å²) in [6, 6.07) is 14.4. The second-order valence-electron chi connectivity index (χ2n) is 6.84. The summed E-state index contributed by atoms with van der Waals surface area (Å²) in [7, 11) is 0. The van der Waals surface area contributed by atoms with Crippen molar-refractivity contribution in [2.45, 2.75) is 19.8 Å². The molecule has 0 saturated carbocycles. The highest BCUT2D eigenvalue weighted by atomic mass is 16.6. The summed E-state index contributed by atoms with van der Waals surface area (Å²) in [5.74, 6) is 0.349. The van der Waals surface area contributed by atoms with E-state index < -0.39 is 0 Å². The smallest absolute Gasteiger partial charge is 0.309 e. The Morgan fingerprint density at radius 3 is 2.61 bits per heavy atom. The molecule has 1 heterocycles. The zero-order valence-corrected chi connectivity index (χ0v) is 15.9. The van der Waals surface area contributed by atoms with E-state index in [1.54, 1.807) is 18.2 Å². The quantitative estimate of drug-likeness (QED) is 0.313. The normalized spacial score (nSPS) is 14.5. The van der Waals surface area contributed by atoms with Crippen LogP contribution in [0.5, 0.6) is 5.75 Å². The average Bonchev–Trinajstić information content (AvgIpc) is 2.71. The molecule has 7 heteroatoms. The van der Waals surface area contributed by atoms with Crippen molar-refractivity contribution in [3.05, 3.63) is 64.2 Å². The SMILES string of the molecule is Cc1cccc(OCCOC(=O)C2CCN(c3ccccc3[N+](=O)[O-])CC2)c1. The summed E-state index contributed by atoms with van der Waals surface area (Å²) in [6.45, 7) is 3.68. The van der Waals surface area contributed by atoms with Gasteiger partial charge < -0.3 is 14.4 Å². The summed E-state index contributed by atoms with van der Waals surface area (Å²) in [5.41, 5.74) is 1.81. The number of nitro groups is 1. The Balaban J connectivity index is 1.43. The van der Waals surface area contributed by atoms with E-state index in [1.807, 2.05) is 36.1 Å². The van der Waals surface area contributed by atoms with Crippen LogP contribution in [0.2, 0.25) is 0 Å². The first kappa shape index (κ1) is 19.7. The van der Waals surface area contributed by atoms with Crippen LogP contribution in [0.3, 0.4) is 0 Å². The van der Waals surface area contributed by atoms with Crippen LogP contribution in [-0.2, 0) is 9.53 Å². The zero-order chi connectivity index (χ0) is 19.9. The maximum atomic E-state index is 12.3. The minimum atomic E-state index is -0.371. The topological polar surface area (TPSA) is 81.9 Å². The molecule has 28 heavy (non-hydrogen) atoms. The highest BCUT2D eigenvalue weighted by Gasteiger charge is 2.28. The number of nitrogens with zero attached hydrogens (tertiary/aromatic N) is 2. The number of benzene rings is 2. The number of anilines is 1. The van der Waals surface area contributed by atoms with E-state index in [-0.39, 0.29) is 29.1 Å². The van der Waals surface area contributed by atoms with Gasteiger partial charge >= 0.3 is 5.97 Å². The van der Waals surface area contributed by atoms with Crippen LogP contribution in [0.1, 0.15) is 18.4 Å². The molecule has 0 unspecified atom stereocenters. The van der Waals surface area contributed by atoms with Gasteiger partial charge in [-0.2, -0.15) is 0 Å². The molecule has 0 aliphatic carbocycles. The fourth-order valence-electron chi connectivity index (χ4n) is 3.37. The first-order valence-electron chi connectivity index (χ1n) is 9.39. The molecule has 0 bridgehead atoms. The van der Waals surface area contributed by atoms with Gasteiger partial charge in [0.25, 0.3) is 5.69 Å². The number of carbonyl (C=O) groups excluding carboxylic acids is 1. The Hall–Kier alpha value is -3.09. The van der Waals surface area contributed by atoms with Crippen molar-refractivity contribution < 1.29 is 19.2 Å². The molecular weight excluding hydrogens is 360 g/mol. The van der Waals surface area contributed by atoms with Crippen LogP contribution in [0.15, 0.2) is 48.5 Å². The fraction of sp³-hybridized carbons (Fsp3) is 0.381. The number of aryl methyl sites for hydroxylation is 1. The average molecular weight is 384 g/mol. The molecule has 7 nitrogen and oxygen atoms in total. The number of rotatable bonds is 7. The summed E-state index contributed by atoms with van der Waals surface area (Å²) >= 11 is 0. The maximum Gasteiger partial charge on any atom is 0.309 e. The number of hydrogen-bond donors (Lipinski definition) is 0. The third-order valence-corrected chi connectivity index (χ3v) is 4.83. The molecule has 0 atom stereocenters. The number of esters is 1. The first-order valence-corrected chi connectivity index (χ1v) is 9.39. The van der Waals surface area contributed by atoms with Crippen molar-refractivity contribution in [2.24, 2.45) is 5.92 Å². The van der Waals surface area contributed by atoms with Gasteiger partial charge in [-0.3, -0.25) is 14.9 Å². The third kappa shape index (κ3) is 5.00. The number of piperidine rings is 1. The fourth-order valence-corrected chi connectivity index (χ4v) is 3.37. The van der Waals surface area contributed by atoms with E-state index in [9.17, 15) is 14.9 Å². The van der Waals surface area contributed by atoms with Crippen molar-refractivity contribution in [2.75, 3.05) is 31.2 Å². The molecule has 148 valence electrons. The Bertz CT molecular complexity index is 831. The van der Waals surface area contributed by atoms with Crippen LogP contribution >= 0.6 is 0 Å². The molecule has 0 N–H and O–H groups in total. The van der Waals surface area contributed by atoms with Crippen LogP contribution in [0, 0.1) is 23.0 Å². The Labute approximate surface area is 164 Å². The van der Waals surface area contributed by atoms with Crippen molar-refractivity contribution in [3.8, 4) is 5.75 Å². The second-order valence-corrected chi connectivity index (χ2v) is 6.84. The van der Waals surface area contributed by atoms with Gasteiger partial charge in [0.2, 0.25) is 0 Å². The molecule has 0 spiro atoms. The van der Waals surface area contributed by atoms with Gasteiger partial charge in [0, 0.05) is 19.2 Å². The highest BCUT2D eigenvalue weighted by molar-refractivity contribution is 5.73. The Morgan fingerprint density at radius 1 is 1.14 bits per heavy atom. The summed E-state index contributed by atoms with van der Waals surface area (Å²) in [4.78, 5) is 25.1. The van der Waals surface area contributed by atoms with Crippen LogP contribution in [0.4, 0.5) is 11.4 Å². The van der Waals surface area contributed by atoms with Gasteiger partial charge in [0.1, 0.15) is 24.7 Å². The van der Waals surface area contributed by atoms with Crippen molar-refractivity contribution in [3.63, 3.8) is 0 Å². The summed E-state index contributed by atoms with van der Waals surface area (Å²) in [6.07, 6.45) is 1.23. The van der Waals surface area contributed by atoms with Gasteiger partial charge in [-0.25, -0.2) is 0 Å². The number of nitro benzene ring substituents is 1. The molecule has 3 rings (SSSR count). The van der Waals surface area contributed by atoms with E-state index in [0.717, 1.165) is 11.3 Å². The van der Waals surface area contributed by atoms with Crippen LogP contribution < -0.4 is 9.64 Å². The van der Waals surface area contributed by atoms with E-state index in [4.69, 9.17) is 9.47 Å². The van der Waals surface area contributed by atoms with Crippen LogP contribution in [-0.4, -0.2) is 37.2 Å². The maximum absolute atomic E-state index is 12.3. The molecule has 1 fully saturated rings. The predicted molar refractivity (Wildman–Crippen MR) is 106 cm³/mol.